The molecule has 3 fully saturated rings. The number of anilines is 2. The van der Waals surface area contributed by atoms with Crippen molar-refractivity contribution in [2.75, 3.05) is 23.8 Å². The predicted molar refractivity (Wildman–Crippen MR) is 136 cm³/mol. The van der Waals surface area contributed by atoms with Crippen LogP contribution in [-0.4, -0.2) is 24.5 Å². The molecule has 2 bridgehead atoms. The molecule has 2 heterocycles. The Morgan fingerprint density at radius 1 is 1.28 bits per heavy atom. The van der Waals surface area contributed by atoms with Gasteiger partial charge in [0, 0.05) is 30.6 Å². The first-order chi connectivity index (χ1) is 14.6. The molecule has 1 atom stereocenters. The monoisotopic (exact) mass is 494 g/mol. The fraction of sp³-hybridized carbons (Fsp3) is 0.542. The fourth-order valence-electron chi connectivity index (χ4n) is 5.10. The Labute approximate surface area is 207 Å². The van der Waals surface area contributed by atoms with Gasteiger partial charge in [-0.25, -0.2) is 4.98 Å². The van der Waals surface area contributed by atoms with Gasteiger partial charge in [0.2, 0.25) is 5.91 Å². The number of amides is 1. The highest BCUT2D eigenvalue weighted by Gasteiger charge is 2.39. The number of rotatable bonds is 7. The summed E-state index contributed by atoms with van der Waals surface area (Å²) in [5, 5.41) is 13.6. The van der Waals surface area contributed by atoms with E-state index in [0.717, 1.165) is 48.1 Å². The maximum absolute atomic E-state index is 13.0. The fourth-order valence-corrected chi connectivity index (χ4v) is 6.30. The summed E-state index contributed by atoms with van der Waals surface area (Å²) >= 11 is 1.58. The first kappa shape index (κ1) is 26.4. The molecule has 1 unspecified atom stereocenters. The summed E-state index contributed by atoms with van der Waals surface area (Å²) in [5.74, 6) is 2.47. The van der Waals surface area contributed by atoms with Gasteiger partial charge in [0.05, 0.1) is 5.56 Å². The van der Waals surface area contributed by atoms with Crippen molar-refractivity contribution in [1.82, 2.24) is 4.98 Å². The normalized spacial score (nSPS) is 21.1. The van der Waals surface area contributed by atoms with Gasteiger partial charge in [0.15, 0.2) is 0 Å². The third kappa shape index (κ3) is 5.75. The number of aryl methyl sites for hydroxylation is 1. The number of carbonyl (C=O) groups excluding carboxylic acids is 1. The lowest BCUT2D eigenvalue weighted by Crippen LogP contribution is -2.38. The molecule has 0 saturated heterocycles. The number of hydrogen-bond donors (Lipinski definition) is 1. The number of thiophene rings is 1. The first-order valence-electron chi connectivity index (χ1n) is 11.0. The maximum Gasteiger partial charge on any atom is 0.228 e. The number of nitrogens with one attached hydrogen (secondary N) is 1. The number of hydrogen-bond acceptors (Lipinski definition) is 5. The summed E-state index contributed by atoms with van der Waals surface area (Å²) in [6, 6.07) is 8.25. The van der Waals surface area contributed by atoms with Crippen molar-refractivity contribution in [1.29, 1.82) is 5.26 Å². The molecule has 174 valence electrons. The van der Waals surface area contributed by atoms with Crippen molar-refractivity contribution < 1.29 is 4.79 Å². The molecule has 32 heavy (non-hydrogen) atoms. The number of carbonyl (C=O) groups is 1. The lowest BCUT2D eigenvalue weighted by atomic mass is 9.64. The Hall–Kier alpha value is -1.81. The lowest BCUT2D eigenvalue weighted by Gasteiger charge is -2.41. The minimum Gasteiger partial charge on any atom is -0.360 e. The van der Waals surface area contributed by atoms with E-state index in [2.05, 4.69) is 21.3 Å². The lowest BCUT2D eigenvalue weighted by molar-refractivity contribution is -0.124. The van der Waals surface area contributed by atoms with E-state index < -0.39 is 0 Å². The number of aromatic nitrogens is 1. The highest BCUT2D eigenvalue weighted by Crippen LogP contribution is 2.45. The molecule has 2 aromatic rings. The van der Waals surface area contributed by atoms with Gasteiger partial charge in [-0.05, 0) is 68.6 Å². The number of fused-ring (bicyclic) bond motifs is 3. The summed E-state index contributed by atoms with van der Waals surface area (Å²) in [5.41, 5.74) is 1.66. The van der Waals surface area contributed by atoms with Crippen LogP contribution in [0.1, 0.15) is 54.5 Å². The van der Waals surface area contributed by atoms with E-state index in [0.29, 0.717) is 11.5 Å². The molecule has 3 aliphatic rings. The van der Waals surface area contributed by atoms with Gasteiger partial charge < -0.3 is 10.2 Å². The van der Waals surface area contributed by atoms with Gasteiger partial charge in [-0.15, -0.1) is 36.2 Å². The Bertz CT molecular complexity index is 935. The van der Waals surface area contributed by atoms with Crippen molar-refractivity contribution in [3.63, 3.8) is 0 Å². The second kappa shape index (κ2) is 11.9. The first-order valence-corrected chi connectivity index (χ1v) is 11.8. The molecular weight excluding hydrogens is 463 g/mol. The summed E-state index contributed by atoms with van der Waals surface area (Å²) in [4.78, 5) is 20.7. The van der Waals surface area contributed by atoms with Crippen LogP contribution in [0.25, 0.3) is 0 Å². The molecule has 2 aromatic heterocycles. The summed E-state index contributed by atoms with van der Waals surface area (Å²) < 4.78 is 0. The summed E-state index contributed by atoms with van der Waals surface area (Å²) in [6.07, 6.45) is 9.64. The summed E-state index contributed by atoms with van der Waals surface area (Å²) in [7, 11) is 2.05. The maximum atomic E-state index is 13.0. The van der Waals surface area contributed by atoms with Crippen LogP contribution in [0.4, 0.5) is 10.8 Å². The number of nitriles is 1. The topological polar surface area (TPSA) is 69.0 Å². The van der Waals surface area contributed by atoms with Crippen LogP contribution in [0, 0.1) is 36.0 Å². The van der Waals surface area contributed by atoms with Crippen molar-refractivity contribution in [3.05, 3.63) is 40.4 Å². The highest BCUT2D eigenvalue weighted by atomic mass is 35.5. The van der Waals surface area contributed by atoms with Crippen LogP contribution in [-0.2, 0) is 11.2 Å². The second-order valence-electron chi connectivity index (χ2n) is 8.79. The van der Waals surface area contributed by atoms with Gasteiger partial charge in [0.25, 0.3) is 0 Å². The highest BCUT2D eigenvalue weighted by molar-refractivity contribution is 7.16. The van der Waals surface area contributed by atoms with Crippen LogP contribution in [0.3, 0.4) is 0 Å². The molecular formula is C24H32Cl2N4OS. The standard InChI is InChI=1S/C24H30N4OS.2ClH/c1-16-20(15-25)24(27-23(29)19-14-17-8-10-18(19)11-9-17)30-21(16)6-5-13-28(2)22-7-3-4-12-26-22;;/h3-4,7,12,17-19H,5-6,8-11,13-14H2,1-2H3,(H,27,29);2*1H. The number of pyridine rings is 1. The van der Waals surface area contributed by atoms with E-state index in [1.807, 2.05) is 38.4 Å². The van der Waals surface area contributed by atoms with Gasteiger partial charge in [0.1, 0.15) is 16.9 Å². The van der Waals surface area contributed by atoms with E-state index >= 15 is 0 Å². The van der Waals surface area contributed by atoms with Crippen molar-refractivity contribution >= 4 is 52.9 Å². The second-order valence-corrected chi connectivity index (χ2v) is 9.90. The molecule has 3 saturated carbocycles. The molecule has 1 N–H and O–H groups in total. The molecule has 0 radical (unpaired) electrons. The van der Waals surface area contributed by atoms with E-state index in [4.69, 9.17) is 0 Å². The van der Waals surface area contributed by atoms with Crippen LogP contribution in [0.5, 0.6) is 0 Å². The largest absolute Gasteiger partial charge is 0.360 e. The smallest absolute Gasteiger partial charge is 0.228 e. The Morgan fingerprint density at radius 3 is 2.62 bits per heavy atom. The van der Waals surface area contributed by atoms with E-state index in [9.17, 15) is 10.1 Å². The third-order valence-electron chi connectivity index (χ3n) is 6.92. The molecule has 5 rings (SSSR count). The van der Waals surface area contributed by atoms with Crippen LogP contribution in [0.15, 0.2) is 24.4 Å². The Balaban J connectivity index is 0.00000181. The zero-order valence-corrected chi connectivity index (χ0v) is 21.1. The third-order valence-corrected chi connectivity index (χ3v) is 8.18. The SMILES string of the molecule is Cc1c(CCCN(C)c2ccccn2)sc(NC(=O)C2CC3CCC2CC3)c1C#N.Cl.Cl. The Morgan fingerprint density at radius 2 is 2.03 bits per heavy atom. The zero-order chi connectivity index (χ0) is 21.1. The molecule has 5 nitrogen and oxygen atoms in total. The minimum absolute atomic E-state index is 0. The van der Waals surface area contributed by atoms with Crippen LogP contribution < -0.4 is 10.2 Å². The van der Waals surface area contributed by atoms with E-state index in [1.165, 1.54) is 30.6 Å². The number of nitrogens with zero attached hydrogens (tertiary/aromatic N) is 3. The minimum atomic E-state index is 0. The van der Waals surface area contributed by atoms with Crippen molar-refractivity contribution in [3.8, 4) is 6.07 Å². The van der Waals surface area contributed by atoms with Crippen LogP contribution >= 0.6 is 36.2 Å². The van der Waals surface area contributed by atoms with Gasteiger partial charge >= 0.3 is 0 Å². The molecule has 3 aliphatic carbocycles. The molecule has 0 aromatic carbocycles. The van der Waals surface area contributed by atoms with Gasteiger partial charge in [-0.1, -0.05) is 18.9 Å². The molecule has 0 aliphatic heterocycles. The average molecular weight is 496 g/mol. The Kier molecular flexibility index (Phi) is 9.82. The van der Waals surface area contributed by atoms with Crippen molar-refractivity contribution in [2.45, 2.75) is 51.9 Å². The quantitative estimate of drug-likeness (QED) is 0.512. The predicted octanol–water partition coefficient (Wildman–Crippen LogP) is 6.00. The van der Waals surface area contributed by atoms with Gasteiger partial charge in [-0.3, -0.25) is 4.79 Å². The molecule has 1 amide bonds. The van der Waals surface area contributed by atoms with Crippen LogP contribution in [0.2, 0.25) is 0 Å². The van der Waals surface area contributed by atoms with Crippen molar-refractivity contribution in [2.24, 2.45) is 17.8 Å². The zero-order valence-electron chi connectivity index (χ0n) is 18.7. The van der Waals surface area contributed by atoms with E-state index in [1.54, 1.807) is 11.3 Å². The molecule has 8 heteroatoms. The summed E-state index contributed by atoms with van der Waals surface area (Å²) in [6.45, 7) is 2.90. The average Bonchev–Trinajstić information content (AvgIpc) is 3.08. The van der Waals surface area contributed by atoms with E-state index in [-0.39, 0.29) is 36.6 Å². The van der Waals surface area contributed by atoms with Gasteiger partial charge in [-0.2, -0.15) is 5.26 Å². The number of halogens is 2. The molecule has 0 spiro atoms.